The molecule has 0 saturated heterocycles. The molecule has 12 aromatic rings. The van der Waals surface area contributed by atoms with Crippen LogP contribution in [0.25, 0.3) is 104 Å². The van der Waals surface area contributed by atoms with Gasteiger partial charge < -0.3 is 13.5 Å². The molecular weight excluding hydrogens is 597 g/mol. The zero-order valence-electron chi connectivity index (χ0n) is 26.3. The Labute approximate surface area is 279 Å². The molecule has 0 radical (unpaired) electrons. The Morgan fingerprint density at radius 3 is 1.86 bits per heavy atom. The molecule has 0 amide bonds. The minimum absolute atomic E-state index is 1.10. The van der Waals surface area contributed by atoms with Crippen LogP contribution in [0.1, 0.15) is 0 Å². The van der Waals surface area contributed by atoms with Crippen LogP contribution < -0.4 is 0 Å². The van der Waals surface area contributed by atoms with E-state index in [0.29, 0.717) is 0 Å². The first-order valence-corrected chi connectivity index (χ1v) is 16.8. The Hall–Kier alpha value is -6.65. The molecule has 0 spiro atoms. The maximum atomic E-state index is 4.55. The van der Waals surface area contributed by atoms with Crippen LogP contribution in [-0.4, -0.2) is 18.5 Å². The second-order valence-corrected chi connectivity index (χ2v) is 13.2. The Bertz CT molecular complexity index is 3280. The Morgan fingerprint density at radius 2 is 1.02 bits per heavy atom. The average molecular weight is 623 g/mol. The number of pyridine rings is 1. The van der Waals surface area contributed by atoms with E-state index in [1.807, 2.05) is 12.4 Å². The van der Waals surface area contributed by atoms with E-state index < -0.39 is 0 Å². The molecule has 0 aliphatic rings. The van der Waals surface area contributed by atoms with Crippen LogP contribution >= 0.6 is 0 Å². The number of benzene rings is 7. The van der Waals surface area contributed by atoms with Crippen LogP contribution in [0, 0.1) is 0 Å². The van der Waals surface area contributed by atoms with Crippen molar-refractivity contribution in [2.45, 2.75) is 0 Å². The van der Waals surface area contributed by atoms with Crippen molar-refractivity contribution in [3.63, 3.8) is 0 Å². The molecule has 49 heavy (non-hydrogen) atoms. The van der Waals surface area contributed by atoms with Gasteiger partial charge in [0.25, 0.3) is 0 Å². The molecule has 0 saturated carbocycles. The number of aromatic nitrogens is 4. The molecule has 0 aliphatic heterocycles. The summed E-state index contributed by atoms with van der Waals surface area (Å²) in [6, 6.07) is 53.5. The van der Waals surface area contributed by atoms with Gasteiger partial charge in [0.2, 0.25) is 0 Å². The van der Waals surface area contributed by atoms with E-state index in [2.05, 4.69) is 164 Å². The van der Waals surface area contributed by atoms with E-state index >= 15 is 0 Å². The van der Waals surface area contributed by atoms with E-state index in [1.165, 1.54) is 87.0 Å². The van der Waals surface area contributed by atoms with Crippen molar-refractivity contribution in [3.05, 3.63) is 158 Å². The molecule has 12 rings (SSSR count). The third-order valence-corrected chi connectivity index (χ3v) is 10.8. The van der Waals surface area contributed by atoms with Gasteiger partial charge in [-0.3, -0.25) is 4.98 Å². The van der Waals surface area contributed by atoms with Crippen LogP contribution in [0.4, 0.5) is 0 Å². The number of fused-ring (bicyclic) bond motifs is 15. The number of hydrogen-bond acceptors (Lipinski definition) is 1. The highest BCUT2D eigenvalue weighted by Gasteiger charge is 2.25. The smallest absolute Gasteiger partial charge is 0.0724 e. The first kappa shape index (κ1) is 25.4. The topological polar surface area (TPSA) is 27.2 Å². The standard InChI is InChI=1S/C45H26N4/c1-2-13-30-27(10-1)20-21-40-42(30)36-25-35-32-15-4-7-18-38(32)49-39-19-8-5-16-34(39)43(44(35)49)45(36)48(40)29-12-9-11-28(24-29)47-37-17-6-3-14-31(37)33-22-23-46-26-41(33)47/h1-26H. The van der Waals surface area contributed by atoms with Crippen molar-refractivity contribution >= 4 is 92.5 Å². The predicted octanol–water partition coefficient (Wildman–Crippen LogP) is 11.6. The molecule has 0 fully saturated rings. The number of nitrogens with zero attached hydrogens (tertiary/aromatic N) is 4. The maximum Gasteiger partial charge on any atom is 0.0724 e. The lowest BCUT2D eigenvalue weighted by molar-refractivity contribution is 1.13. The number of rotatable bonds is 2. The first-order valence-electron chi connectivity index (χ1n) is 16.8. The van der Waals surface area contributed by atoms with Gasteiger partial charge in [-0.25, -0.2) is 0 Å². The van der Waals surface area contributed by atoms with Gasteiger partial charge in [0.05, 0.1) is 44.8 Å². The summed E-state index contributed by atoms with van der Waals surface area (Å²) in [7, 11) is 0. The van der Waals surface area contributed by atoms with Crippen molar-refractivity contribution in [2.75, 3.05) is 0 Å². The van der Waals surface area contributed by atoms with Gasteiger partial charge in [0.1, 0.15) is 0 Å². The fourth-order valence-corrected chi connectivity index (χ4v) is 8.91. The van der Waals surface area contributed by atoms with Crippen molar-refractivity contribution in [2.24, 2.45) is 0 Å². The minimum atomic E-state index is 1.10. The van der Waals surface area contributed by atoms with Crippen molar-refractivity contribution in [1.29, 1.82) is 0 Å². The van der Waals surface area contributed by atoms with Gasteiger partial charge in [-0.1, -0.05) is 91.0 Å². The molecule has 0 unspecified atom stereocenters. The van der Waals surface area contributed by atoms with E-state index in [0.717, 1.165) is 16.9 Å². The predicted molar refractivity (Wildman–Crippen MR) is 205 cm³/mol. The lowest BCUT2D eigenvalue weighted by atomic mass is 10.0. The van der Waals surface area contributed by atoms with Crippen LogP contribution in [0.5, 0.6) is 0 Å². The van der Waals surface area contributed by atoms with Gasteiger partial charge in [0, 0.05) is 60.7 Å². The molecule has 5 aromatic heterocycles. The summed E-state index contributed by atoms with van der Waals surface area (Å²) < 4.78 is 7.36. The summed E-state index contributed by atoms with van der Waals surface area (Å²) in [6.45, 7) is 0. The molecule has 0 aliphatic carbocycles. The Kier molecular flexibility index (Phi) is 4.69. The summed E-state index contributed by atoms with van der Waals surface area (Å²) >= 11 is 0. The van der Waals surface area contributed by atoms with Gasteiger partial charge in [-0.05, 0) is 65.4 Å². The summed E-state index contributed by atoms with van der Waals surface area (Å²) in [5.74, 6) is 0. The highest BCUT2D eigenvalue weighted by molar-refractivity contribution is 6.36. The molecule has 4 heteroatoms. The molecule has 7 aromatic carbocycles. The van der Waals surface area contributed by atoms with Gasteiger partial charge >= 0.3 is 0 Å². The van der Waals surface area contributed by atoms with Gasteiger partial charge in [-0.15, -0.1) is 0 Å². The summed E-state index contributed by atoms with van der Waals surface area (Å²) in [5, 5.41) is 12.7. The average Bonchev–Trinajstić information content (AvgIpc) is 3.89. The molecule has 0 bridgehead atoms. The normalized spacial score (nSPS) is 12.5. The van der Waals surface area contributed by atoms with E-state index in [4.69, 9.17) is 0 Å². The van der Waals surface area contributed by atoms with Gasteiger partial charge in [-0.2, -0.15) is 0 Å². The van der Waals surface area contributed by atoms with Gasteiger partial charge in [0.15, 0.2) is 0 Å². The molecule has 0 atom stereocenters. The van der Waals surface area contributed by atoms with Crippen LogP contribution in [0.15, 0.2) is 158 Å². The number of hydrogen-bond donors (Lipinski definition) is 0. The zero-order valence-corrected chi connectivity index (χ0v) is 26.3. The summed E-state index contributed by atoms with van der Waals surface area (Å²) in [6.07, 6.45) is 3.88. The SMILES string of the molecule is c1cc(-n2c3ccccc3c3ccncc32)cc(-n2c3ccc4ccccc4c3c3cc4c5ccccc5n5c6ccccc6c(c32)c45)c1. The first-order chi connectivity index (χ1) is 24.3. The third-order valence-electron chi connectivity index (χ3n) is 10.8. The fraction of sp³-hybridized carbons (Fsp3) is 0. The highest BCUT2D eigenvalue weighted by Crippen LogP contribution is 2.47. The lowest BCUT2D eigenvalue weighted by Gasteiger charge is -2.13. The molecule has 4 nitrogen and oxygen atoms in total. The maximum absolute atomic E-state index is 4.55. The second kappa shape index (κ2) is 9.03. The summed E-state index contributed by atoms with van der Waals surface area (Å²) in [5.41, 5.74) is 10.7. The largest absolute Gasteiger partial charge is 0.308 e. The fourth-order valence-electron chi connectivity index (χ4n) is 8.91. The van der Waals surface area contributed by atoms with Crippen LogP contribution in [0.2, 0.25) is 0 Å². The Balaban J connectivity index is 1.30. The monoisotopic (exact) mass is 622 g/mol. The van der Waals surface area contributed by atoms with Crippen LogP contribution in [-0.2, 0) is 0 Å². The zero-order chi connectivity index (χ0) is 31.8. The highest BCUT2D eigenvalue weighted by atomic mass is 15.0. The van der Waals surface area contributed by atoms with E-state index in [1.54, 1.807) is 0 Å². The second-order valence-electron chi connectivity index (χ2n) is 13.2. The van der Waals surface area contributed by atoms with Crippen molar-refractivity contribution in [3.8, 4) is 11.4 Å². The van der Waals surface area contributed by atoms with E-state index in [-0.39, 0.29) is 0 Å². The molecule has 5 heterocycles. The lowest BCUT2D eigenvalue weighted by Crippen LogP contribution is -1.99. The third kappa shape index (κ3) is 3.12. The minimum Gasteiger partial charge on any atom is -0.308 e. The molecule has 226 valence electrons. The number of para-hydroxylation sites is 3. The van der Waals surface area contributed by atoms with Crippen molar-refractivity contribution in [1.82, 2.24) is 18.5 Å². The van der Waals surface area contributed by atoms with Crippen molar-refractivity contribution < 1.29 is 0 Å². The molecular formula is C45H26N4. The summed E-state index contributed by atoms with van der Waals surface area (Å²) in [4.78, 5) is 4.55. The van der Waals surface area contributed by atoms with E-state index in [9.17, 15) is 0 Å². The quantitative estimate of drug-likeness (QED) is 0.188. The molecule has 0 N–H and O–H groups in total. The van der Waals surface area contributed by atoms with Crippen LogP contribution in [0.3, 0.4) is 0 Å². The Morgan fingerprint density at radius 1 is 0.367 bits per heavy atom.